The fourth-order valence-corrected chi connectivity index (χ4v) is 2.51. The average molecular weight is 379 g/mol. The molecule has 2 aromatic rings. The Kier molecular flexibility index (Phi) is 7.31. The largest absolute Gasteiger partial charge is 0.455 e. The van der Waals surface area contributed by atoms with Crippen molar-refractivity contribution in [3.8, 4) is 0 Å². The summed E-state index contributed by atoms with van der Waals surface area (Å²) in [6.45, 7) is -0.477. The zero-order valence-corrected chi connectivity index (χ0v) is 14.6. The smallest absolute Gasteiger partial charge is 0.316 e. The number of halogens is 1. The van der Waals surface area contributed by atoms with Gasteiger partial charge in [-0.15, -0.1) is 11.8 Å². The molecule has 0 heterocycles. The van der Waals surface area contributed by atoms with Gasteiger partial charge in [-0.2, -0.15) is 0 Å². The van der Waals surface area contributed by atoms with E-state index in [4.69, 9.17) is 16.3 Å². The van der Waals surface area contributed by atoms with Gasteiger partial charge in [-0.25, -0.2) is 0 Å². The molecule has 25 heavy (non-hydrogen) atoms. The molecule has 0 spiro atoms. The minimum Gasteiger partial charge on any atom is -0.455 e. The summed E-state index contributed by atoms with van der Waals surface area (Å²) < 4.78 is 4.84. The molecule has 0 saturated carbocycles. The summed E-state index contributed by atoms with van der Waals surface area (Å²) >= 11 is 7.04. The molecule has 0 atom stereocenters. The fourth-order valence-electron chi connectivity index (χ4n) is 1.69. The van der Waals surface area contributed by atoms with Crippen LogP contribution in [0.2, 0.25) is 5.02 Å². The van der Waals surface area contributed by atoms with Crippen molar-refractivity contribution in [1.29, 1.82) is 0 Å². The number of nitrogens with one attached hydrogen (secondary N) is 2. The van der Waals surface area contributed by atoms with Gasteiger partial charge < -0.3 is 4.74 Å². The third-order valence-electron chi connectivity index (χ3n) is 2.89. The number of hydrogen-bond acceptors (Lipinski definition) is 5. The predicted molar refractivity (Wildman–Crippen MR) is 95.2 cm³/mol. The number of thioether (sulfide) groups is 1. The predicted octanol–water partition coefficient (Wildman–Crippen LogP) is 2.44. The second-order valence-electron chi connectivity index (χ2n) is 4.77. The lowest BCUT2D eigenvalue weighted by molar-refractivity contribution is -0.146. The number of esters is 1. The molecule has 0 fully saturated rings. The second-order valence-corrected chi connectivity index (χ2v) is 6.26. The Labute approximate surface area is 153 Å². The molecule has 0 aromatic heterocycles. The summed E-state index contributed by atoms with van der Waals surface area (Å²) in [4.78, 5) is 35.8. The molecule has 0 aliphatic heterocycles. The SMILES string of the molecule is O=C(COC(=O)CSc1ccc(Cl)cc1)NNC(=O)c1ccccc1. The van der Waals surface area contributed by atoms with Crippen LogP contribution in [0.3, 0.4) is 0 Å². The highest BCUT2D eigenvalue weighted by Crippen LogP contribution is 2.20. The van der Waals surface area contributed by atoms with Crippen LogP contribution in [0.15, 0.2) is 59.5 Å². The van der Waals surface area contributed by atoms with E-state index in [0.29, 0.717) is 10.6 Å². The number of carbonyl (C=O) groups is 3. The minimum atomic E-state index is -0.630. The van der Waals surface area contributed by atoms with E-state index in [2.05, 4.69) is 10.9 Å². The molecule has 2 rings (SSSR count). The third-order valence-corrected chi connectivity index (χ3v) is 4.12. The standard InChI is InChI=1S/C17H15ClN2O4S/c18-13-6-8-14(9-7-13)25-11-16(22)24-10-15(21)19-20-17(23)12-4-2-1-3-5-12/h1-9H,10-11H2,(H,19,21)(H,20,23). The van der Waals surface area contributed by atoms with Gasteiger partial charge in [-0.3, -0.25) is 25.2 Å². The first-order valence-electron chi connectivity index (χ1n) is 7.23. The van der Waals surface area contributed by atoms with Gasteiger partial charge in [0.15, 0.2) is 6.61 Å². The van der Waals surface area contributed by atoms with Gasteiger partial charge in [0.25, 0.3) is 11.8 Å². The Morgan fingerprint density at radius 1 is 0.960 bits per heavy atom. The zero-order valence-electron chi connectivity index (χ0n) is 13.0. The first kappa shape index (κ1) is 18.8. The van der Waals surface area contributed by atoms with E-state index in [1.54, 1.807) is 54.6 Å². The summed E-state index contributed by atoms with van der Waals surface area (Å²) in [7, 11) is 0. The lowest BCUT2D eigenvalue weighted by Crippen LogP contribution is -2.43. The number of hydrogen-bond donors (Lipinski definition) is 2. The van der Waals surface area contributed by atoms with E-state index in [9.17, 15) is 14.4 Å². The van der Waals surface area contributed by atoms with Crippen LogP contribution in [-0.2, 0) is 14.3 Å². The van der Waals surface area contributed by atoms with Crippen LogP contribution in [0, 0.1) is 0 Å². The normalized spacial score (nSPS) is 9.96. The van der Waals surface area contributed by atoms with E-state index in [0.717, 1.165) is 4.90 Å². The van der Waals surface area contributed by atoms with Gasteiger partial charge in [-0.1, -0.05) is 29.8 Å². The van der Waals surface area contributed by atoms with Gasteiger partial charge >= 0.3 is 5.97 Å². The first-order valence-corrected chi connectivity index (χ1v) is 8.59. The molecule has 2 aromatic carbocycles. The maximum Gasteiger partial charge on any atom is 0.316 e. The summed E-state index contributed by atoms with van der Waals surface area (Å²) in [5, 5.41) is 0.612. The third kappa shape index (κ3) is 6.86. The molecule has 8 heteroatoms. The van der Waals surface area contributed by atoms with Crippen molar-refractivity contribution in [3.05, 3.63) is 65.2 Å². The molecular formula is C17H15ClN2O4S. The molecule has 6 nitrogen and oxygen atoms in total. The fraction of sp³-hybridized carbons (Fsp3) is 0.118. The van der Waals surface area contributed by atoms with Crippen molar-refractivity contribution < 1.29 is 19.1 Å². The number of hydrazine groups is 1. The zero-order chi connectivity index (χ0) is 18.1. The molecule has 2 amide bonds. The van der Waals surface area contributed by atoms with Gasteiger partial charge in [-0.05, 0) is 36.4 Å². The van der Waals surface area contributed by atoms with Crippen molar-refractivity contribution in [1.82, 2.24) is 10.9 Å². The van der Waals surface area contributed by atoms with Crippen molar-refractivity contribution in [2.75, 3.05) is 12.4 Å². The van der Waals surface area contributed by atoms with Crippen molar-refractivity contribution in [3.63, 3.8) is 0 Å². The lowest BCUT2D eigenvalue weighted by atomic mass is 10.2. The van der Waals surface area contributed by atoms with E-state index < -0.39 is 24.4 Å². The molecule has 0 unspecified atom stereocenters. The molecule has 0 saturated heterocycles. The molecule has 130 valence electrons. The quantitative estimate of drug-likeness (QED) is 0.458. The van der Waals surface area contributed by atoms with Crippen LogP contribution >= 0.6 is 23.4 Å². The van der Waals surface area contributed by atoms with Crippen LogP contribution in [0.5, 0.6) is 0 Å². The molecule has 0 radical (unpaired) electrons. The number of rotatable bonds is 6. The Morgan fingerprint density at radius 2 is 1.64 bits per heavy atom. The van der Waals surface area contributed by atoms with Crippen LogP contribution in [0.1, 0.15) is 10.4 Å². The highest BCUT2D eigenvalue weighted by Gasteiger charge is 2.10. The summed E-state index contributed by atoms with van der Waals surface area (Å²) in [5.74, 6) is -1.57. The van der Waals surface area contributed by atoms with E-state index in [1.807, 2.05) is 0 Å². The molecule has 0 aliphatic carbocycles. The van der Waals surface area contributed by atoms with Gasteiger partial charge in [0.2, 0.25) is 0 Å². The Bertz CT molecular complexity index is 738. The molecule has 2 N–H and O–H groups in total. The highest BCUT2D eigenvalue weighted by atomic mass is 35.5. The lowest BCUT2D eigenvalue weighted by Gasteiger charge is -2.08. The topological polar surface area (TPSA) is 84.5 Å². The number of benzene rings is 2. The minimum absolute atomic E-state index is 0.0608. The van der Waals surface area contributed by atoms with E-state index in [-0.39, 0.29) is 5.75 Å². The summed E-state index contributed by atoms with van der Waals surface area (Å²) in [6.07, 6.45) is 0. The van der Waals surface area contributed by atoms with E-state index >= 15 is 0 Å². The van der Waals surface area contributed by atoms with Crippen molar-refractivity contribution in [2.24, 2.45) is 0 Å². The van der Waals surface area contributed by atoms with E-state index in [1.165, 1.54) is 11.8 Å². The molecule has 0 aliphatic rings. The summed E-state index contributed by atoms with van der Waals surface area (Å²) in [6, 6.07) is 15.4. The van der Waals surface area contributed by atoms with Gasteiger partial charge in [0, 0.05) is 15.5 Å². The molecule has 0 bridgehead atoms. The highest BCUT2D eigenvalue weighted by molar-refractivity contribution is 8.00. The monoisotopic (exact) mass is 378 g/mol. The Morgan fingerprint density at radius 3 is 2.32 bits per heavy atom. The van der Waals surface area contributed by atoms with Crippen LogP contribution in [0.4, 0.5) is 0 Å². The van der Waals surface area contributed by atoms with Crippen LogP contribution in [-0.4, -0.2) is 30.1 Å². The average Bonchev–Trinajstić information content (AvgIpc) is 2.64. The molecular weight excluding hydrogens is 364 g/mol. The number of amides is 2. The maximum atomic E-state index is 11.7. The first-order chi connectivity index (χ1) is 12.0. The van der Waals surface area contributed by atoms with Crippen LogP contribution in [0.25, 0.3) is 0 Å². The van der Waals surface area contributed by atoms with Crippen molar-refractivity contribution in [2.45, 2.75) is 4.90 Å². The Hall–Kier alpha value is -2.51. The van der Waals surface area contributed by atoms with Gasteiger partial charge in [0.1, 0.15) is 0 Å². The second kappa shape index (κ2) is 9.71. The number of ether oxygens (including phenoxy) is 1. The summed E-state index contributed by atoms with van der Waals surface area (Å²) in [5.41, 5.74) is 4.82. The maximum absolute atomic E-state index is 11.7. The Balaban J connectivity index is 1.64. The van der Waals surface area contributed by atoms with Gasteiger partial charge in [0.05, 0.1) is 5.75 Å². The number of carbonyl (C=O) groups excluding carboxylic acids is 3. The van der Waals surface area contributed by atoms with Crippen LogP contribution < -0.4 is 10.9 Å². The van der Waals surface area contributed by atoms with Crippen molar-refractivity contribution >= 4 is 41.1 Å².